The molecule has 5 heteroatoms. The maximum Gasteiger partial charge on any atom is 0.181 e. The second kappa shape index (κ2) is 3.90. The molecule has 0 fully saturated rings. The third-order valence-electron chi connectivity index (χ3n) is 1.94. The summed E-state index contributed by atoms with van der Waals surface area (Å²) in [5, 5.41) is 0.324. The van der Waals surface area contributed by atoms with E-state index in [4.69, 9.17) is 20.8 Å². The number of hydrogen-bond acceptors (Lipinski definition) is 3. The summed E-state index contributed by atoms with van der Waals surface area (Å²) in [4.78, 5) is 3.71. The van der Waals surface area contributed by atoms with Crippen LogP contribution in [0, 0.1) is 5.82 Å². The van der Waals surface area contributed by atoms with Gasteiger partial charge in [0.1, 0.15) is 5.82 Å². The van der Waals surface area contributed by atoms with Crippen molar-refractivity contribution in [1.82, 2.24) is 4.98 Å². The first-order chi connectivity index (χ1) is 7.24. The molecule has 15 heavy (non-hydrogen) atoms. The van der Waals surface area contributed by atoms with Crippen LogP contribution in [0.1, 0.15) is 0 Å². The number of oxazole rings is 1. The van der Waals surface area contributed by atoms with Crippen molar-refractivity contribution < 1.29 is 13.5 Å². The van der Waals surface area contributed by atoms with Crippen molar-refractivity contribution in [3.05, 3.63) is 35.6 Å². The fraction of sp³-hybridized carbons (Fsp3) is 0.100. The van der Waals surface area contributed by atoms with E-state index in [1.165, 1.54) is 31.8 Å². The van der Waals surface area contributed by atoms with Crippen molar-refractivity contribution in [3.63, 3.8) is 0 Å². The molecule has 1 aromatic heterocycles. The van der Waals surface area contributed by atoms with Crippen molar-refractivity contribution >= 4 is 11.6 Å². The van der Waals surface area contributed by atoms with E-state index in [1.54, 1.807) is 0 Å². The predicted octanol–water partition coefficient (Wildman–Crippen LogP) is 3.14. The van der Waals surface area contributed by atoms with Gasteiger partial charge in [-0.05, 0) is 12.1 Å². The first kappa shape index (κ1) is 9.98. The molecule has 2 rings (SSSR count). The summed E-state index contributed by atoms with van der Waals surface area (Å²) in [5.41, 5.74) is 0.183. The van der Waals surface area contributed by atoms with Crippen LogP contribution in [0.15, 0.2) is 29.1 Å². The second-order valence-electron chi connectivity index (χ2n) is 2.80. The van der Waals surface area contributed by atoms with Crippen LogP contribution >= 0.6 is 11.6 Å². The van der Waals surface area contributed by atoms with E-state index >= 15 is 0 Å². The van der Waals surface area contributed by atoms with Gasteiger partial charge in [-0.2, -0.15) is 0 Å². The van der Waals surface area contributed by atoms with Crippen molar-refractivity contribution in [2.45, 2.75) is 0 Å². The van der Waals surface area contributed by atoms with E-state index in [0.717, 1.165) is 0 Å². The van der Waals surface area contributed by atoms with E-state index < -0.39 is 5.82 Å². The quantitative estimate of drug-likeness (QED) is 0.791. The molecule has 0 saturated carbocycles. The van der Waals surface area contributed by atoms with E-state index in [-0.39, 0.29) is 17.1 Å². The molecule has 78 valence electrons. The number of nitrogens with zero attached hydrogens (tertiary/aromatic N) is 1. The Morgan fingerprint density at radius 2 is 2.27 bits per heavy atom. The zero-order valence-corrected chi connectivity index (χ0v) is 8.58. The maximum atomic E-state index is 13.6. The fourth-order valence-electron chi connectivity index (χ4n) is 1.30. The molecule has 0 aliphatic carbocycles. The molecule has 0 N–H and O–H groups in total. The zero-order valence-electron chi connectivity index (χ0n) is 7.83. The summed E-state index contributed by atoms with van der Waals surface area (Å²) >= 11 is 5.86. The van der Waals surface area contributed by atoms with Gasteiger partial charge in [-0.15, -0.1) is 0 Å². The Labute approximate surface area is 90.4 Å². The summed E-state index contributed by atoms with van der Waals surface area (Å²) in [6.45, 7) is 0. The van der Waals surface area contributed by atoms with Crippen molar-refractivity contribution in [1.29, 1.82) is 0 Å². The van der Waals surface area contributed by atoms with Gasteiger partial charge in [0.25, 0.3) is 0 Å². The molecule has 0 bridgehead atoms. The highest BCUT2D eigenvalue weighted by Gasteiger charge is 2.17. The normalized spacial score (nSPS) is 10.3. The first-order valence-electron chi connectivity index (χ1n) is 4.15. The average Bonchev–Trinajstić information content (AvgIpc) is 2.74. The van der Waals surface area contributed by atoms with Crippen molar-refractivity contribution in [2.75, 3.05) is 7.11 Å². The van der Waals surface area contributed by atoms with Gasteiger partial charge in [0.05, 0.1) is 23.9 Å². The predicted molar refractivity (Wildman–Crippen MR) is 53.5 cm³/mol. The number of methoxy groups -OCH3 is 1. The van der Waals surface area contributed by atoms with E-state index in [0.29, 0.717) is 5.02 Å². The minimum absolute atomic E-state index is 0.183. The van der Waals surface area contributed by atoms with E-state index in [9.17, 15) is 4.39 Å². The Kier molecular flexibility index (Phi) is 2.60. The van der Waals surface area contributed by atoms with E-state index in [1.807, 2.05) is 0 Å². The molecule has 0 atom stereocenters. The average molecular weight is 228 g/mol. The number of benzene rings is 1. The number of aromatic nitrogens is 1. The molecular formula is C10H7ClFNO2. The lowest BCUT2D eigenvalue weighted by Crippen LogP contribution is -1.91. The lowest BCUT2D eigenvalue weighted by atomic mass is 10.1. The summed E-state index contributed by atoms with van der Waals surface area (Å²) in [6.07, 6.45) is 2.62. The van der Waals surface area contributed by atoms with Gasteiger partial charge in [0.15, 0.2) is 17.9 Å². The van der Waals surface area contributed by atoms with Gasteiger partial charge in [0.2, 0.25) is 0 Å². The smallest absolute Gasteiger partial charge is 0.181 e. The molecule has 0 spiro atoms. The van der Waals surface area contributed by atoms with Gasteiger partial charge in [-0.1, -0.05) is 11.6 Å². The second-order valence-corrected chi connectivity index (χ2v) is 3.21. The van der Waals surface area contributed by atoms with Gasteiger partial charge < -0.3 is 9.15 Å². The minimum atomic E-state index is -0.465. The largest absolute Gasteiger partial charge is 0.494 e. The first-order valence-corrected chi connectivity index (χ1v) is 4.52. The molecule has 3 nitrogen and oxygen atoms in total. The van der Waals surface area contributed by atoms with Crippen LogP contribution < -0.4 is 4.74 Å². The van der Waals surface area contributed by atoms with Crippen molar-refractivity contribution in [2.24, 2.45) is 0 Å². The number of halogens is 2. The Bertz CT molecular complexity index is 471. The van der Waals surface area contributed by atoms with Gasteiger partial charge >= 0.3 is 0 Å². The Morgan fingerprint density at radius 3 is 2.87 bits per heavy atom. The van der Waals surface area contributed by atoms with Gasteiger partial charge in [0, 0.05) is 0 Å². The number of hydrogen-bond donors (Lipinski definition) is 0. The molecule has 1 heterocycles. The molecule has 0 radical (unpaired) electrons. The van der Waals surface area contributed by atoms with Crippen LogP contribution in [-0.4, -0.2) is 12.1 Å². The summed E-state index contributed by atoms with van der Waals surface area (Å²) < 4.78 is 23.6. The van der Waals surface area contributed by atoms with Crippen LogP contribution in [0.4, 0.5) is 4.39 Å². The number of rotatable bonds is 2. The summed E-state index contributed by atoms with van der Waals surface area (Å²) in [7, 11) is 1.42. The molecule has 0 unspecified atom stereocenters. The lowest BCUT2D eigenvalue weighted by molar-refractivity contribution is 0.411. The third kappa shape index (κ3) is 1.68. The summed E-state index contributed by atoms with van der Waals surface area (Å²) in [6, 6.07) is 2.68. The Balaban J connectivity index is 2.68. The molecule has 1 aromatic carbocycles. The topological polar surface area (TPSA) is 35.3 Å². The SMILES string of the molecule is COc1c(Cl)ccc(F)c1-c1cnco1. The monoisotopic (exact) mass is 227 g/mol. The Morgan fingerprint density at radius 1 is 1.47 bits per heavy atom. The fourth-order valence-corrected chi connectivity index (χ4v) is 1.54. The molecule has 2 aromatic rings. The highest BCUT2D eigenvalue weighted by Crippen LogP contribution is 2.37. The molecular weight excluding hydrogens is 221 g/mol. The van der Waals surface area contributed by atoms with Gasteiger partial charge in [-0.25, -0.2) is 9.37 Å². The highest BCUT2D eigenvalue weighted by molar-refractivity contribution is 6.32. The minimum Gasteiger partial charge on any atom is -0.494 e. The summed E-state index contributed by atoms with van der Waals surface area (Å²) in [5.74, 6) is 0.0632. The lowest BCUT2D eigenvalue weighted by Gasteiger charge is -2.08. The van der Waals surface area contributed by atoms with Crippen LogP contribution in [0.25, 0.3) is 11.3 Å². The molecule has 0 amide bonds. The molecule has 0 aliphatic rings. The van der Waals surface area contributed by atoms with Crippen LogP contribution in [-0.2, 0) is 0 Å². The van der Waals surface area contributed by atoms with Gasteiger partial charge in [-0.3, -0.25) is 0 Å². The van der Waals surface area contributed by atoms with Crippen LogP contribution in [0.5, 0.6) is 5.75 Å². The van der Waals surface area contributed by atoms with Crippen molar-refractivity contribution in [3.8, 4) is 17.1 Å². The van der Waals surface area contributed by atoms with Crippen LogP contribution in [0.3, 0.4) is 0 Å². The standard InChI is InChI=1S/C10H7ClFNO2/c1-14-10-6(11)2-3-7(12)9(10)8-4-13-5-15-8/h2-5H,1H3. The van der Waals surface area contributed by atoms with Crippen LogP contribution in [0.2, 0.25) is 5.02 Å². The third-order valence-corrected chi connectivity index (χ3v) is 2.24. The maximum absolute atomic E-state index is 13.6. The molecule has 0 saturated heterocycles. The van der Waals surface area contributed by atoms with E-state index in [2.05, 4.69) is 4.98 Å². The zero-order chi connectivity index (χ0) is 10.8. The Hall–Kier alpha value is -1.55. The molecule has 0 aliphatic heterocycles. The highest BCUT2D eigenvalue weighted by atomic mass is 35.5. The number of ether oxygens (including phenoxy) is 1.